The molecule has 1 heterocycles. The van der Waals surface area contributed by atoms with Crippen molar-refractivity contribution in [2.24, 2.45) is 5.73 Å². The molecule has 0 spiro atoms. The Balaban J connectivity index is 2.06. The first kappa shape index (κ1) is 10.8. The Kier molecular flexibility index (Phi) is 2.74. The first-order valence-electron chi connectivity index (χ1n) is 5.22. The van der Waals surface area contributed by atoms with Crippen molar-refractivity contribution in [1.29, 1.82) is 0 Å². The van der Waals surface area contributed by atoms with Crippen LogP contribution in [0.1, 0.15) is 19.3 Å². The number of rotatable bonds is 4. The smallest absolute Gasteiger partial charge is 0.310 e. The molecule has 16 heavy (non-hydrogen) atoms. The molecular weight excluding hydrogens is 208 g/mol. The number of nitrogens with two attached hydrogens (primary N) is 1. The zero-order chi connectivity index (χ0) is 11.6. The summed E-state index contributed by atoms with van der Waals surface area (Å²) in [6.07, 6.45) is 5.85. The van der Waals surface area contributed by atoms with E-state index in [-0.39, 0.29) is 11.2 Å². The second kappa shape index (κ2) is 4.05. The lowest BCUT2D eigenvalue weighted by atomic mass is 9.78. The van der Waals surface area contributed by atoms with Crippen LogP contribution in [-0.2, 0) is 0 Å². The molecule has 86 valence electrons. The third kappa shape index (κ3) is 2.11. The monoisotopic (exact) mass is 222 g/mol. The second-order valence-electron chi connectivity index (χ2n) is 4.22. The Bertz CT molecular complexity index is 404. The van der Waals surface area contributed by atoms with Crippen LogP contribution < -0.4 is 11.1 Å². The van der Waals surface area contributed by atoms with Gasteiger partial charge < -0.3 is 11.1 Å². The summed E-state index contributed by atoms with van der Waals surface area (Å²) in [7, 11) is 0. The van der Waals surface area contributed by atoms with E-state index in [0.29, 0.717) is 12.2 Å². The Morgan fingerprint density at radius 2 is 2.38 bits per heavy atom. The molecular formula is C10H14N4O2. The number of pyridine rings is 1. The molecule has 6 heteroatoms. The van der Waals surface area contributed by atoms with Gasteiger partial charge in [0.25, 0.3) is 0 Å². The predicted molar refractivity (Wildman–Crippen MR) is 60.2 cm³/mol. The molecule has 3 N–H and O–H groups in total. The zero-order valence-corrected chi connectivity index (χ0v) is 8.85. The fourth-order valence-electron chi connectivity index (χ4n) is 1.76. The maximum atomic E-state index is 10.7. The van der Waals surface area contributed by atoms with Crippen molar-refractivity contribution in [2.45, 2.75) is 24.8 Å². The van der Waals surface area contributed by atoms with Gasteiger partial charge in [0.15, 0.2) is 0 Å². The largest absolute Gasteiger partial charge is 0.378 e. The standard InChI is InChI=1S/C10H14N4O2/c11-10(3-1-4-10)7-13-8-2-5-12-6-9(8)14(15)16/h2,5-6H,1,3-4,7,11H2,(H,12,13). The summed E-state index contributed by atoms with van der Waals surface area (Å²) in [5.41, 5.74) is 6.31. The molecule has 1 aliphatic carbocycles. The van der Waals surface area contributed by atoms with Crippen molar-refractivity contribution in [3.05, 3.63) is 28.6 Å². The van der Waals surface area contributed by atoms with Crippen LogP contribution in [0.5, 0.6) is 0 Å². The van der Waals surface area contributed by atoms with Crippen molar-refractivity contribution in [1.82, 2.24) is 4.98 Å². The van der Waals surface area contributed by atoms with Crippen molar-refractivity contribution in [2.75, 3.05) is 11.9 Å². The maximum absolute atomic E-state index is 10.7. The Morgan fingerprint density at radius 1 is 1.62 bits per heavy atom. The molecule has 6 nitrogen and oxygen atoms in total. The molecule has 1 aliphatic rings. The van der Waals surface area contributed by atoms with Crippen LogP contribution in [-0.4, -0.2) is 22.0 Å². The Labute approximate surface area is 93.0 Å². The summed E-state index contributed by atoms with van der Waals surface area (Å²) in [4.78, 5) is 14.0. The van der Waals surface area contributed by atoms with Gasteiger partial charge in [-0.05, 0) is 25.3 Å². The summed E-state index contributed by atoms with van der Waals surface area (Å²) in [6.45, 7) is 0.567. The minimum atomic E-state index is -0.445. The number of anilines is 1. The Hall–Kier alpha value is -1.69. The van der Waals surface area contributed by atoms with Gasteiger partial charge in [-0.25, -0.2) is 0 Å². The normalized spacial score (nSPS) is 17.6. The van der Waals surface area contributed by atoms with Gasteiger partial charge in [-0.1, -0.05) is 0 Å². The van der Waals surface area contributed by atoms with E-state index in [1.54, 1.807) is 6.07 Å². The fourth-order valence-corrected chi connectivity index (χ4v) is 1.76. The summed E-state index contributed by atoms with van der Waals surface area (Å²) in [5.74, 6) is 0. The predicted octanol–water partition coefficient (Wildman–Crippen LogP) is 1.28. The van der Waals surface area contributed by atoms with Crippen LogP contribution in [0.4, 0.5) is 11.4 Å². The van der Waals surface area contributed by atoms with E-state index in [4.69, 9.17) is 5.73 Å². The van der Waals surface area contributed by atoms with E-state index in [1.165, 1.54) is 12.4 Å². The average Bonchev–Trinajstić information content (AvgIpc) is 2.24. The van der Waals surface area contributed by atoms with Crippen LogP contribution in [0, 0.1) is 10.1 Å². The lowest BCUT2D eigenvalue weighted by Crippen LogP contribution is -2.52. The summed E-state index contributed by atoms with van der Waals surface area (Å²) >= 11 is 0. The molecule has 1 aromatic heterocycles. The van der Waals surface area contributed by atoms with Gasteiger partial charge in [0.1, 0.15) is 11.9 Å². The van der Waals surface area contributed by atoms with Crippen LogP contribution in [0.15, 0.2) is 18.5 Å². The molecule has 0 atom stereocenters. The highest BCUT2D eigenvalue weighted by Gasteiger charge is 2.32. The van der Waals surface area contributed by atoms with Crippen molar-refractivity contribution >= 4 is 11.4 Å². The van der Waals surface area contributed by atoms with E-state index in [2.05, 4.69) is 10.3 Å². The number of hydrogen-bond acceptors (Lipinski definition) is 5. The van der Waals surface area contributed by atoms with Crippen molar-refractivity contribution in [3.8, 4) is 0 Å². The topological polar surface area (TPSA) is 94.1 Å². The lowest BCUT2D eigenvalue weighted by molar-refractivity contribution is -0.384. The number of nitro groups is 1. The Morgan fingerprint density at radius 3 is 2.94 bits per heavy atom. The average molecular weight is 222 g/mol. The molecule has 1 fully saturated rings. The minimum absolute atomic E-state index is 0.00887. The van der Waals surface area contributed by atoms with Crippen LogP contribution in [0.2, 0.25) is 0 Å². The van der Waals surface area contributed by atoms with Crippen molar-refractivity contribution in [3.63, 3.8) is 0 Å². The number of nitrogens with zero attached hydrogens (tertiary/aromatic N) is 2. The highest BCUT2D eigenvalue weighted by atomic mass is 16.6. The summed E-state index contributed by atoms with van der Waals surface area (Å²) in [5, 5.41) is 13.8. The van der Waals surface area contributed by atoms with E-state index in [9.17, 15) is 10.1 Å². The highest BCUT2D eigenvalue weighted by Crippen LogP contribution is 2.30. The molecule has 0 amide bonds. The molecule has 0 aliphatic heterocycles. The van der Waals surface area contributed by atoms with E-state index < -0.39 is 4.92 Å². The van der Waals surface area contributed by atoms with Crippen LogP contribution >= 0.6 is 0 Å². The molecule has 0 saturated heterocycles. The van der Waals surface area contributed by atoms with E-state index >= 15 is 0 Å². The molecule has 0 bridgehead atoms. The van der Waals surface area contributed by atoms with Gasteiger partial charge in [-0.3, -0.25) is 15.1 Å². The molecule has 0 unspecified atom stereocenters. The fraction of sp³-hybridized carbons (Fsp3) is 0.500. The third-order valence-corrected chi connectivity index (χ3v) is 2.98. The number of hydrogen-bond donors (Lipinski definition) is 2. The molecule has 1 aromatic rings. The van der Waals surface area contributed by atoms with Gasteiger partial charge >= 0.3 is 5.69 Å². The molecule has 2 rings (SSSR count). The summed E-state index contributed by atoms with van der Waals surface area (Å²) in [6, 6.07) is 1.60. The maximum Gasteiger partial charge on any atom is 0.310 e. The highest BCUT2D eigenvalue weighted by molar-refractivity contribution is 5.59. The quantitative estimate of drug-likeness (QED) is 0.591. The summed E-state index contributed by atoms with van der Waals surface area (Å²) < 4.78 is 0. The van der Waals surface area contributed by atoms with Gasteiger partial charge in [0, 0.05) is 18.3 Å². The lowest BCUT2D eigenvalue weighted by Gasteiger charge is -2.38. The van der Waals surface area contributed by atoms with E-state index in [1.807, 2.05) is 0 Å². The van der Waals surface area contributed by atoms with Gasteiger partial charge in [0.05, 0.1) is 4.92 Å². The van der Waals surface area contributed by atoms with Gasteiger partial charge in [0.2, 0.25) is 0 Å². The molecule has 1 saturated carbocycles. The number of aromatic nitrogens is 1. The van der Waals surface area contributed by atoms with Crippen LogP contribution in [0.3, 0.4) is 0 Å². The molecule has 0 radical (unpaired) electrons. The first-order chi connectivity index (χ1) is 7.61. The minimum Gasteiger partial charge on any atom is -0.378 e. The third-order valence-electron chi connectivity index (χ3n) is 2.98. The second-order valence-corrected chi connectivity index (χ2v) is 4.22. The van der Waals surface area contributed by atoms with Gasteiger partial charge in [-0.15, -0.1) is 0 Å². The zero-order valence-electron chi connectivity index (χ0n) is 8.85. The first-order valence-corrected chi connectivity index (χ1v) is 5.22. The van der Waals surface area contributed by atoms with Crippen molar-refractivity contribution < 1.29 is 4.92 Å². The SMILES string of the molecule is NC1(CNc2ccncc2[N+](=O)[O-])CCC1. The van der Waals surface area contributed by atoms with E-state index in [0.717, 1.165) is 19.3 Å². The van der Waals surface area contributed by atoms with Gasteiger partial charge in [-0.2, -0.15) is 0 Å². The van der Waals surface area contributed by atoms with Crippen LogP contribution in [0.25, 0.3) is 0 Å². The number of nitrogens with one attached hydrogen (secondary N) is 1. The molecule has 0 aromatic carbocycles.